The fourth-order valence-electron chi connectivity index (χ4n) is 11.0. The highest BCUT2D eigenvalue weighted by atomic mass is 15.0. The average molecular weight is 876 g/mol. The molecule has 68 heavy (non-hydrogen) atoms. The minimum atomic E-state index is 0.0612. The standard InChI is InChI=1S/C63H49N5/c1-62(2)31-32-63(3,4)54-39-58-52(38-53(54)62)51-34-42-21-14-15-22-43(42)37-57(51)68(58)48-26-16-23-45(33-48)60-64-59(41-19-10-6-11-20-41)65-61(66-60)46-28-30-56-50(36-46)49-35-44(40-17-8-5-9-18-40)27-29-55(49)67(56)47-24-12-7-13-25-47/h5-30,33-39H,31-32H2,1-4H3. The maximum absolute atomic E-state index is 5.36. The summed E-state index contributed by atoms with van der Waals surface area (Å²) in [4.78, 5) is 15.8. The Kier molecular flexibility index (Phi) is 8.97. The molecule has 5 nitrogen and oxygen atoms in total. The molecule has 0 unspecified atom stereocenters. The molecule has 1 aliphatic rings. The van der Waals surface area contributed by atoms with Crippen molar-refractivity contribution in [2.75, 3.05) is 0 Å². The first-order valence-corrected chi connectivity index (χ1v) is 23.8. The monoisotopic (exact) mass is 875 g/mol. The van der Waals surface area contributed by atoms with Crippen LogP contribution in [0.25, 0.3) is 111 Å². The Bertz CT molecular complexity index is 3950. The molecular weight excluding hydrogens is 827 g/mol. The van der Waals surface area contributed by atoms with Gasteiger partial charge in [0, 0.05) is 49.6 Å². The quantitative estimate of drug-likeness (QED) is 0.167. The zero-order chi connectivity index (χ0) is 45.7. The molecule has 13 rings (SSSR count). The lowest BCUT2D eigenvalue weighted by molar-refractivity contribution is 0.332. The highest BCUT2D eigenvalue weighted by Gasteiger charge is 2.38. The predicted octanol–water partition coefficient (Wildman–Crippen LogP) is 16.2. The van der Waals surface area contributed by atoms with Crippen molar-refractivity contribution in [3.8, 4) is 56.7 Å². The van der Waals surface area contributed by atoms with Crippen LogP contribution in [0.3, 0.4) is 0 Å². The van der Waals surface area contributed by atoms with Crippen LogP contribution in [0.5, 0.6) is 0 Å². The smallest absolute Gasteiger partial charge is 0.164 e. The van der Waals surface area contributed by atoms with Crippen molar-refractivity contribution in [2.45, 2.75) is 51.4 Å². The Morgan fingerprint density at radius 2 is 0.765 bits per heavy atom. The molecule has 0 fully saturated rings. The lowest BCUT2D eigenvalue weighted by Gasteiger charge is -2.42. The lowest BCUT2D eigenvalue weighted by Crippen LogP contribution is -2.33. The number of rotatable bonds is 6. The maximum atomic E-state index is 5.36. The van der Waals surface area contributed by atoms with Crippen LogP contribution in [0.2, 0.25) is 0 Å². The second-order valence-electron chi connectivity index (χ2n) is 20.0. The van der Waals surface area contributed by atoms with E-state index in [1.807, 2.05) is 18.2 Å². The highest BCUT2D eigenvalue weighted by molar-refractivity contribution is 6.14. The van der Waals surface area contributed by atoms with Gasteiger partial charge in [0.25, 0.3) is 0 Å². The summed E-state index contributed by atoms with van der Waals surface area (Å²) < 4.78 is 4.83. The van der Waals surface area contributed by atoms with Crippen LogP contribution >= 0.6 is 0 Å². The fourth-order valence-corrected chi connectivity index (χ4v) is 11.0. The summed E-state index contributed by atoms with van der Waals surface area (Å²) in [6.45, 7) is 9.66. The van der Waals surface area contributed by atoms with Gasteiger partial charge in [-0.3, -0.25) is 0 Å². The molecule has 3 aromatic heterocycles. The van der Waals surface area contributed by atoms with Gasteiger partial charge >= 0.3 is 0 Å². The molecule has 3 heterocycles. The molecule has 0 bridgehead atoms. The van der Waals surface area contributed by atoms with Crippen molar-refractivity contribution in [2.24, 2.45) is 0 Å². The van der Waals surface area contributed by atoms with Crippen molar-refractivity contribution >= 4 is 54.4 Å². The highest BCUT2D eigenvalue weighted by Crippen LogP contribution is 2.49. The molecule has 0 atom stereocenters. The van der Waals surface area contributed by atoms with E-state index < -0.39 is 0 Å². The molecule has 1 aliphatic carbocycles. The molecule has 0 saturated carbocycles. The van der Waals surface area contributed by atoms with Gasteiger partial charge in [0.15, 0.2) is 17.5 Å². The van der Waals surface area contributed by atoms with E-state index in [2.05, 4.69) is 219 Å². The van der Waals surface area contributed by atoms with Crippen LogP contribution in [0.15, 0.2) is 200 Å². The summed E-state index contributed by atoms with van der Waals surface area (Å²) in [6.07, 6.45) is 2.32. The van der Waals surface area contributed by atoms with Crippen LogP contribution in [0.4, 0.5) is 0 Å². The molecule has 0 aliphatic heterocycles. The summed E-state index contributed by atoms with van der Waals surface area (Å²) in [5.74, 6) is 1.88. The Morgan fingerprint density at radius 1 is 0.324 bits per heavy atom. The zero-order valence-corrected chi connectivity index (χ0v) is 38.7. The first kappa shape index (κ1) is 40.2. The fraction of sp³-hybridized carbons (Fsp3) is 0.127. The predicted molar refractivity (Wildman–Crippen MR) is 283 cm³/mol. The Labute approximate surface area is 396 Å². The van der Waals surface area contributed by atoms with E-state index in [1.165, 1.54) is 66.6 Å². The molecule has 0 N–H and O–H groups in total. The first-order chi connectivity index (χ1) is 33.2. The topological polar surface area (TPSA) is 48.5 Å². The molecular formula is C63H49N5. The van der Waals surface area contributed by atoms with Gasteiger partial charge < -0.3 is 9.13 Å². The zero-order valence-electron chi connectivity index (χ0n) is 38.7. The van der Waals surface area contributed by atoms with Gasteiger partial charge in [0.05, 0.1) is 22.1 Å². The number of hydrogen-bond donors (Lipinski definition) is 0. The van der Waals surface area contributed by atoms with E-state index in [0.29, 0.717) is 17.5 Å². The Balaban J connectivity index is 1.02. The van der Waals surface area contributed by atoms with Crippen LogP contribution in [-0.4, -0.2) is 24.1 Å². The SMILES string of the molecule is CC1(C)CCC(C)(C)c2cc3c(cc21)c1cc2ccccc2cc1n3-c1cccc(-c2nc(-c3ccccc3)nc(-c3ccc4c(c3)c3cc(-c5ccccc5)ccc3n4-c3ccccc3)n2)c1. The van der Waals surface area contributed by atoms with Crippen molar-refractivity contribution < 1.29 is 0 Å². The van der Waals surface area contributed by atoms with Crippen molar-refractivity contribution in [1.82, 2.24) is 24.1 Å². The van der Waals surface area contributed by atoms with E-state index in [9.17, 15) is 0 Å². The van der Waals surface area contributed by atoms with Crippen molar-refractivity contribution in [3.05, 3.63) is 211 Å². The Hall–Kier alpha value is -8.15. The number of hydrogen-bond acceptors (Lipinski definition) is 3. The third-order valence-electron chi connectivity index (χ3n) is 14.8. The van der Waals surface area contributed by atoms with Crippen LogP contribution in [0, 0.1) is 0 Å². The second-order valence-corrected chi connectivity index (χ2v) is 20.0. The maximum Gasteiger partial charge on any atom is 0.164 e. The van der Waals surface area contributed by atoms with Gasteiger partial charge in [0.1, 0.15) is 0 Å². The molecule has 0 radical (unpaired) electrons. The van der Waals surface area contributed by atoms with Gasteiger partial charge in [-0.05, 0) is 136 Å². The molecule has 9 aromatic carbocycles. The normalized spacial score (nSPS) is 14.3. The average Bonchev–Trinajstić information content (AvgIpc) is 3.88. The minimum Gasteiger partial charge on any atom is -0.309 e. The molecule has 12 aromatic rings. The summed E-state index contributed by atoms with van der Waals surface area (Å²) in [5.41, 5.74) is 15.1. The van der Waals surface area contributed by atoms with Gasteiger partial charge in [-0.2, -0.15) is 0 Å². The second kappa shape index (κ2) is 15.2. The van der Waals surface area contributed by atoms with Gasteiger partial charge in [-0.25, -0.2) is 15.0 Å². The number of nitrogens with zero attached hydrogens (tertiary/aromatic N) is 5. The van der Waals surface area contributed by atoms with Crippen LogP contribution < -0.4 is 0 Å². The molecule has 0 amide bonds. The summed E-state index contributed by atoms with van der Waals surface area (Å²) in [7, 11) is 0. The molecule has 5 heteroatoms. The van der Waals surface area contributed by atoms with E-state index in [-0.39, 0.29) is 10.8 Å². The number of fused-ring (bicyclic) bond motifs is 8. The summed E-state index contributed by atoms with van der Waals surface area (Å²) in [6, 6.07) is 72.2. The van der Waals surface area contributed by atoms with Crippen LogP contribution in [-0.2, 0) is 10.8 Å². The van der Waals surface area contributed by atoms with Crippen molar-refractivity contribution in [3.63, 3.8) is 0 Å². The third-order valence-corrected chi connectivity index (χ3v) is 14.8. The van der Waals surface area contributed by atoms with E-state index in [0.717, 1.165) is 50.9 Å². The molecule has 0 saturated heterocycles. The number of benzene rings is 9. The lowest BCUT2D eigenvalue weighted by atomic mass is 9.63. The molecule has 326 valence electrons. The van der Waals surface area contributed by atoms with Gasteiger partial charge in [0.2, 0.25) is 0 Å². The third kappa shape index (κ3) is 6.48. The van der Waals surface area contributed by atoms with Crippen LogP contribution in [0.1, 0.15) is 51.7 Å². The number of para-hydroxylation sites is 1. The van der Waals surface area contributed by atoms with E-state index in [4.69, 9.17) is 15.0 Å². The van der Waals surface area contributed by atoms with Gasteiger partial charge in [-0.1, -0.05) is 149 Å². The largest absolute Gasteiger partial charge is 0.309 e. The van der Waals surface area contributed by atoms with E-state index >= 15 is 0 Å². The molecule has 0 spiro atoms. The van der Waals surface area contributed by atoms with Gasteiger partial charge in [-0.15, -0.1) is 0 Å². The first-order valence-electron chi connectivity index (χ1n) is 23.8. The van der Waals surface area contributed by atoms with Crippen molar-refractivity contribution in [1.29, 1.82) is 0 Å². The number of aromatic nitrogens is 5. The Morgan fingerprint density at radius 3 is 1.43 bits per heavy atom. The van der Waals surface area contributed by atoms with E-state index in [1.54, 1.807) is 0 Å². The summed E-state index contributed by atoms with van der Waals surface area (Å²) in [5, 5.41) is 7.33. The summed E-state index contributed by atoms with van der Waals surface area (Å²) >= 11 is 0. The minimum absolute atomic E-state index is 0.0612.